The quantitative estimate of drug-likeness (QED) is 0.803. The summed E-state index contributed by atoms with van der Waals surface area (Å²) in [5.41, 5.74) is 2.59. The SMILES string of the molecule is CCC1CNc2cc(I)ccc2N1C. The molecule has 0 aromatic heterocycles. The molecule has 0 saturated carbocycles. The molecule has 76 valence electrons. The molecule has 1 aromatic rings. The number of anilines is 2. The van der Waals surface area contributed by atoms with Crippen LogP contribution in [0.15, 0.2) is 18.2 Å². The lowest BCUT2D eigenvalue weighted by atomic mass is 10.1. The van der Waals surface area contributed by atoms with Crippen molar-refractivity contribution in [3.05, 3.63) is 21.8 Å². The standard InChI is InChI=1S/C11H15IN2/c1-3-9-7-13-10-6-8(12)4-5-11(10)14(9)2/h4-6,9,13H,3,7H2,1-2H3. The van der Waals surface area contributed by atoms with Gasteiger partial charge in [-0.25, -0.2) is 0 Å². The van der Waals surface area contributed by atoms with Crippen molar-refractivity contribution < 1.29 is 0 Å². The van der Waals surface area contributed by atoms with Gasteiger partial charge in [-0.2, -0.15) is 0 Å². The highest BCUT2D eigenvalue weighted by molar-refractivity contribution is 14.1. The first-order chi connectivity index (χ1) is 6.72. The van der Waals surface area contributed by atoms with Crippen LogP contribution in [0.1, 0.15) is 13.3 Å². The van der Waals surface area contributed by atoms with E-state index in [4.69, 9.17) is 0 Å². The fourth-order valence-electron chi connectivity index (χ4n) is 1.94. The molecule has 0 aliphatic carbocycles. The van der Waals surface area contributed by atoms with E-state index in [1.54, 1.807) is 0 Å². The molecule has 1 atom stereocenters. The van der Waals surface area contributed by atoms with E-state index in [-0.39, 0.29) is 0 Å². The van der Waals surface area contributed by atoms with Crippen molar-refractivity contribution in [1.82, 2.24) is 0 Å². The van der Waals surface area contributed by atoms with Gasteiger partial charge in [-0.05, 0) is 47.2 Å². The molecule has 0 radical (unpaired) electrons. The highest BCUT2D eigenvalue weighted by Gasteiger charge is 2.21. The second-order valence-electron chi connectivity index (χ2n) is 3.72. The van der Waals surface area contributed by atoms with E-state index in [9.17, 15) is 0 Å². The Kier molecular flexibility index (Phi) is 2.85. The number of halogens is 1. The van der Waals surface area contributed by atoms with E-state index in [2.05, 4.69) is 65.0 Å². The van der Waals surface area contributed by atoms with Crippen LogP contribution in [-0.2, 0) is 0 Å². The van der Waals surface area contributed by atoms with Gasteiger partial charge in [0.2, 0.25) is 0 Å². The molecule has 2 rings (SSSR count). The minimum Gasteiger partial charge on any atom is -0.381 e. The second-order valence-corrected chi connectivity index (χ2v) is 4.96. The first-order valence-corrected chi connectivity index (χ1v) is 6.06. The zero-order valence-corrected chi connectivity index (χ0v) is 10.7. The maximum atomic E-state index is 3.49. The van der Waals surface area contributed by atoms with Crippen LogP contribution in [0, 0.1) is 3.57 Å². The van der Waals surface area contributed by atoms with E-state index in [0.29, 0.717) is 6.04 Å². The van der Waals surface area contributed by atoms with Gasteiger partial charge < -0.3 is 10.2 Å². The highest BCUT2D eigenvalue weighted by atomic mass is 127. The third-order valence-electron chi connectivity index (χ3n) is 2.89. The van der Waals surface area contributed by atoms with Gasteiger partial charge in [0, 0.05) is 23.2 Å². The summed E-state index contributed by atoms with van der Waals surface area (Å²) >= 11 is 2.35. The van der Waals surface area contributed by atoms with Crippen molar-refractivity contribution >= 4 is 34.0 Å². The maximum Gasteiger partial charge on any atom is 0.0603 e. The predicted molar refractivity (Wildman–Crippen MR) is 70.1 cm³/mol. The van der Waals surface area contributed by atoms with E-state index in [0.717, 1.165) is 6.54 Å². The Bertz CT molecular complexity index is 338. The van der Waals surface area contributed by atoms with Crippen LogP contribution in [0.5, 0.6) is 0 Å². The normalized spacial score (nSPS) is 20.2. The van der Waals surface area contributed by atoms with Crippen LogP contribution in [0.25, 0.3) is 0 Å². The number of nitrogens with one attached hydrogen (secondary N) is 1. The summed E-state index contributed by atoms with van der Waals surface area (Å²) in [4.78, 5) is 2.38. The minimum atomic E-state index is 0.627. The Morgan fingerprint density at radius 1 is 1.57 bits per heavy atom. The van der Waals surface area contributed by atoms with Gasteiger partial charge in [0.1, 0.15) is 0 Å². The molecule has 1 N–H and O–H groups in total. The monoisotopic (exact) mass is 302 g/mol. The fraction of sp³-hybridized carbons (Fsp3) is 0.455. The molecule has 1 heterocycles. The molecule has 1 unspecified atom stereocenters. The molecule has 1 aliphatic rings. The fourth-order valence-corrected chi connectivity index (χ4v) is 2.43. The molecule has 2 nitrogen and oxygen atoms in total. The molecule has 0 fully saturated rings. The summed E-state index contributed by atoms with van der Waals surface area (Å²) in [5, 5.41) is 3.49. The summed E-state index contributed by atoms with van der Waals surface area (Å²) in [7, 11) is 2.18. The number of hydrogen-bond acceptors (Lipinski definition) is 2. The van der Waals surface area contributed by atoms with Gasteiger partial charge >= 0.3 is 0 Å². The number of fused-ring (bicyclic) bond motifs is 1. The zero-order valence-electron chi connectivity index (χ0n) is 8.55. The van der Waals surface area contributed by atoms with E-state index < -0.39 is 0 Å². The summed E-state index contributed by atoms with van der Waals surface area (Å²) < 4.78 is 1.29. The second kappa shape index (κ2) is 3.96. The van der Waals surface area contributed by atoms with Crippen LogP contribution >= 0.6 is 22.6 Å². The van der Waals surface area contributed by atoms with E-state index in [1.807, 2.05) is 0 Å². The average molecular weight is 302 g/mol. The molecule has 1 aliphatic heterocycles. The van der Waals surface area contributed by atoms with Crippen LogP contribution < -0.4 is 10.2 Å². The molecular weight excluding hydrogens is 287 g/mol. The number of hydrogen-bond donors (Lipinski definition) is 1. The molecule has 0 bridgehead atoms. The van der Waals surface area contributed by atoms with Gasteiger partial charge in [-0.15, -0.1) is 0 Å². The third-order valence-corrected chi connectivity index (χ3v) is 3.56. The number of nitrogens with zero attached hydrogens (tertiary/aromatic N) is 1. The van der Waals surface area contributed by atoms with Crippen molar-refractivity contribution in [2.45, 2.75) is 19.4 Å². The van der Waals surface area contributed by atoms with Gasteiger partial charge in [-0.1, -0.05) is 6.92 Å². The zero-order chi connectivity index (χ0) is 10.1. The van der Waals surface area contributed by atoms with Crippen LogP contribution in [0.4, 0.5) is 11.4 Å². The highest BCUT2D eigenvalue weighted by Crippen LogP contribution is 2.32. The first kappa shape index (κ1) is 10.1. The minimum absolute atomic E-state index is 0.627. The smallest absolute Gasteiger partial charge is 0.0603 e. The lowest BCUT2D eigenvalue weighted by Crippen LogP contribution is -2.40. The lowest BCUT2D eigenvalue weighted by molar-refractivity contribution is 0.622. The Morgan fingerprint density at radius 3 is 3.07 bits per heavy atom. The summed E-state index contributed by atoms with van der Waals surface area (Å²) in [6.45, 7) is 3.29. The predicted octanol–water partition coefficient (Wildman–Crippen LogP) is 2.93. The summed E-state index contributed by atoms with van der Waals surface area (Å²) in [6, 6.07) is 7.20. The van der Waals surface area contributed by atoms with E-state index in [1.165, 1.54) is 21.4 Å². The third kappa shape index (κ3) is 1.69. The van der Waals surface area contributed by atoms with Crippen LogP contribution in [0.2, 0.25) is 0 Å². The Labute approximate surface area is 98.8 Å². The molecule has 3 heteroatoms. The number of rotatable bonds is 1. The van der Waals surface area contributed by atoms with Gasteiger partial charge in [0.15, 0.2) is 0 Å². The molecule has 0 spiro atoms. The van der Waals surface area contributed by atoms with Gasteiger partial charge in [0.25, 0.3) is 0 Å². The van der Waals surface area contributed by atoms with Crippen LogP contribution in [-0.4, -0.2) is 19.6 Å². The number of benzene rings is 1. The lowest BCUT2D eigenvalue weighted by Gasteiger charge is -2.36. The molecule has 1 aromatic carbocycles. The first-order valence-electron chi connectivity index (χ1n) is 4.98. The van der Waals surface area contributed by atoms with E-state index >= 15 is 0 Å². The number of likely N-dealkylation sites (N-methyl/N-ethyl adjacent to an activating group) is 1. The average Bonchev–Trinajstić information content (AvgIpc) is 2.18. The Balaban J connectivity index is 2.36. The molecule has 0 amide bonds. The van der Waals surface area contributed by atoms with Gasteiger partial charge in [-0.3, -0.25) is 0 Å². The van der Waals surface area contributed by atoms with Crippen LogP contribution in [0.3, 0.4) is 0 Å². The Hall–Kier alpha value is -0.450. The molecular formula is C11H15IN2. The van der Waals surface area contributed by atoms with Crippen molar-refractivity contribution in [1.29, 1.82) is 0 Å². The molecule has 14 heavy (non-hydrogen) atoms. The van der Waals surface area contributed by atoms with Gasteiger partial charge in [0.05, 0.1) is 11.4 Å². The Morgan fingerprint density at radius 2 is 2.36 bits per heavy atom. The van der Waals surface area contributed by atoms with Crippen molar-refractivity contribution in [2.24, 2.45) is 0 Å². The molecule has 0 saturated heterocycles. The topological polar surface area (TPSA) is 15.3 Å². The largest absolute Gasteiger partial charge is 0.381 e. The summed E-state index contributed by atoms with van der Waals surface area (Å²) in [5.74, 6) is 0. The summed E-state index contributed by atoms with van der Waals surface area (Å²) in [6.07, 6.45) is 1.19. The maximum absolute atomic E-state index is 3.49. The van der Waals surface area contributed by atoms with Crippen molar-refractivity contribution in [2.75, 3.05) is 23.8 Å². The van der Waals surface area contributed by atoms with Crippen molar-refractivity contribution in [3.63, 3.8) is 0 Å². The van der Waals surface area contributed by atoms with Crippen molar-refractivity contribution in [3.8, 4) is 0 Å².